The van der Waals surface area contributed by atoms with Crippen LogP contribution in [-0.2, 0) is 9.59 Å². The van der Waals surface area contributed by atoms with Crippen molar-refractivity contribution in [1.29, 1.82) is 0 Å². The molecule has 6 nitrogen and oxygen atoms in total. The fraction of sp³-hybridized carbons (Fsp3) is 0.412. The van der Waals surface area contributed by atoms with Crippen LogP contribution < -0.4 is 9.47 Å². The van der Waals surface area contributed by atoms with Crippen LogP contribution in [0.1, 0.15) is 18.9 Å². The number of methoxy groups -OCH3 is 1. The van der Waals surface area contributed by atoms with Crippen molar-refractivity contribution in [3.63, 3.8) is 0 Å². The zero-order chi connectivity index (χ0) is 16.6. The molecule has 3 rings (SSSR count). The van der Waals surface area contributed by atoms with E-state index >= 15 is 0 Å². The molecule has 2 heterocycles. The molecule has 0 aromatic heterocycles. The average Bonchev–Trinajstić information content (AvgIpc) is 2.94. The minimum atomic E-state index is -0.850. The van der Waals surface area contributed by atoms with Gasteiger partial charge in [-0.2, -0.15) is 0 Å². The quantitative estimate of drug-likeness (QED) is 0.920. The first-order chi connectivity index (χ1) is 11.0. The number of benzene rings is 1. The maximum atomic E-state index is 12.7. The minimum absolute atomic E-state index is 0.158. The van der Waals surface area contributed by atoms with Gasteiger partial charge in [-0.15, -0.1) is 0 Å². The van der Waals surface area contributed by atoms with Crippen LogP contribution in [-0.4, -0.2) is 48.2 Å². The number of para-hydroxylation sites is 1. The van der Waals surface area contributed by atoms with Crippen molar-refractivity contribution in [3.8, 4) is 11.5 Å². The summed E-state index contributed by atoms with van der Waals surface area (Å²) in [5, 5.41) is 9.19. The van der Waals surface area contributed by atoms with Crippen molar-refractivity contribution in [2.24, 2.45) is 5.92 Å². The fourth-order valence-corrected chi connectivity index (χ4v) is 3.21. The highest BCUT2D eigenvalue weighted by Crippen LogP contribution is 2.36. The molecule has 0 saturated carbocycles. The maximum absolute atomic E-state index is 12.7. The first kappa shape index (κ1) is 15.4. The van der Waals surface area contributed by atoms with E-state index in [4.69, 9.17) is 9.47 Å². The Balaban J connectivity index is 1.84. The van der Waals surface area contributed by atoms with Gasteiger partial charge in [-0.05, 0) is 25.5 Å². The van der Waals surface area contributed by atoms with Crippen molar-refractivity contribution in [1.82, 2.24) is 4.90 Å². The van der Waals surface area contributed by atoms with Crippen molar-refractivity contribution in [2.75, 3.05) is 20.3 Å². The highest BCUT2D eigenvalue weighted by Gasteiger charge is 2.39. The number of fused-ring (bicyclic) bond motifs is 1. The average molecular weight is 317 g/mol. The van der Waals surface area contributed by atoms with Crippen LogP contribution in [0.5, 0.6) is 11.5 Å². The van der Waals surface area contributed by atoms with Crippen LogP contribution in [0.25, 0.3) is 6.08 Å². The summed E-state index contributed by atoms with van der Waals surface area (Å²) in [4.78, 5) is 25.5. The van der Waals surface area contributed by atoms with E-state index in [0.29, 0.717) is 30.0 Å². The van der Waals surface area contributed by atoms with E-state index in [9.17, 15) is 14.7 Å². The maximum Gasteiger partial charge on any atom is 0.308 e. The second-order valence-electron chi connectivity index (χ2n) is 5.81. The Morgan fingerprint density at radius 2 is 2.17 bits per heavy atom. The molecule has 1 aromatic rings. The first-order valence-corrected chi connectivity index (χ1v) is 7.57. The second-order valence-corrected chi connectivity index (χ2v) is 5.81. The molecule has 2 aliphatic heterocycles. The van der Waals surface area contributed by atoms with Gasteiger partial charge in [0.05, 0.1) is 18.6 Å². The molecule has 0 aliphatic carbocycles. The molecular formula is C17H19NO5. The summed E-state index contributed by atoms with van der Waals surface area (Å²) in [5.41, 5.74) is 1.32. The zero-order valence-corrected chi connectivity index (χ0v) is 13.1. The lowest BCUT2D eigenvalue weighted by Gasteiger charge is -2.26. The van der Waals surface area contributed by atoms with E-state index in [-0.39, 0.29) is 18.6 Å². The van der Waals surface area contributed by atoms with E-state index in [0.717, 1.165) is 5.56 Å². The molecule has 23 heavy (non-hydrogen) atoms. The standard InChI is InChI=1S/C17H19NO5/c1-10-13(17(20)21)6-7-18(10)16(19)12-8-11-4-3-5-14(22-2)15(11)23-9-12/h3-5,8,10,13H,6-7,9H2,1-2H3,(H,20,21). The van der Waals surface area contributed by atoms with Crippen LogP contribution in [0.3, 0.4) is 0 Å². The van der Waals surface area contributed by atoms with Crippen molar-refractivity contribution < 1.29 is 24.2 Å². The highest BCUT2D eigenvalue weighted by atomic mass is 16.5. The van der Waals surface area contributed by atoms with Crippen molar-refractivity contribution >= 4 is 18.0 Å². The van der Waals surface area contributed by atoms with Crippen LogP contribution in [0, 0.1) is 5.92 Å². The molecule has 2 atom stereocenters. The molecule has 1 amide bonds. The number of amides is 1. The summed E-state index contributed by atoms with van der Waals surface area (Å²) >= 11 is 0. The van der Waals surface area contributed by atoms with Gasteiger partial charge >= 0.3 is 5.97 Å². The van der Waals surface area contributed by atoms with E-state index in [1.807, 2.05) is 12.1 Å². The van der Waals surface area contributed by atoms with Gasteiger partial charge in [-0.1, -0.05) is 12.1 Å². The smallest absolute Gasteiger partial charge is 0.308 e. The summed E-state index contributed by atoms with van der Waals surface area (Å²) in [6.07, 6.45) is 2.28. The van der Waals surface area contributed by atoms with Gasteiger partial charge in [-0.3, -0.25) is 9.59 Å². The lowest BCUT2D eigenvalue weighted by Crippen LogP contribution is -2.39. The minimum Gasteiger partial charge on any atom is -0.493 e. The Morgan fingerprint density at radius 1 is 1.39 bits per heavy atom. The summed E-state index contributed by atoms with van der Waals surface area (Å²) in [5.74, 6) is -0.252. The summed E-state index contributed by atoms with van der Waals surface area (Å²) in [6.45, 7) is 2.40. The van der Waals surface area contributed by atoms with Gasteiger partial charge in [0, 0.05) is 18.2 Å². The topological polar surface area (TPSA) is 76.1 Å². The molecule has 0 radical (unpaired) electrons. The zero-order valence-electron chi connectivity index (χ0n) is 13.1. The number of carboxylic acids is 1. The number of likely N-dealkylation sites (tertiary alicyclic amines) is 1. The molecule has 2 unspecified atom stereocenters. The van der Waals surface area contributed by atoms with Crippen LogP contribution in [0.15, 0.2) is 23.8 Å². The lowest BCUT2D eigenvalue weighted by molar-refractivity contribution is -0.142. The SMILES string of the molecule is COc1cccc2c1OCC(C(=O)N1CCC(C(=O)O)C1C)=C2. The monoisotopic (exact) mass is 317 g/mol. The largest absolute Gasteiger partial charge is 0.493 e. The molecule has 6 heteroatoms. The Kier molecular flexibility index (Phi) is 3.98. The summed E-state index contributed by atoms with van der Waals surface area (Å²) < 4.78 is 10.9. The van der Waals surface area contributed by atoms with E-state index < -0.39 is 11.9 Å². The van der Waals surface area contributed by atoms with Crippen molar-refractivity contribution in [3.05, 3.63) is 29.3 Å². The third kappa shape index (κ3) is 2.65. The molecule has 1 N–H and O–H groups in total. The highest BCUT2D eigenvalue weighted by molar-refractivity contribution is 6.00. The molecule has 122 valence electrons. The molecular weight excluding hydrogens is 298 g/mol. The fourth-order valence-electron chi connectivity index (χ4n) is 3.21. The lowest BCUT2D eigenvalue weighted by atomic mass is 10.0. The molecule has 1 saturated heterocycles. The van der Waals surface area contributed by atoms with Gasteiger partial charge in [0.2, 0.25) is 0 Å². The predicted octanol–water partition coefficient (Wildman–Crippen LogP) is 1.79. The summed E-state index contributed by atoms with van der Waals surface area (Å²) in [6, 6.07) is 5.19. The number of carbonyl (C=O) groups is 2. The second kappa shape index (κ2) is 5.95. The first-order valence-electron chi connectivity index (χ1n) is 7.57. The van der Waals surface area contributed by atoms with Crippen LogP contribution in [0.4, 0.5) is 0 Å². The number of hydrogen-bond acceptors (Lipinski definition) is 4. The van der Waals surface area contributed by atoms with Gasteiger partial charge in [0.15, 0.2) is 11.5 Å². The number of rotatable bonds is 3. The molecule has 0 spiro atoms. The number of aliphatic carboxylic acids is 1. The molecule has 2 aliphatic rings. The Bertz CT molecular complexity index is 682. The molecule has 1 fully saturated rings. The normalized spacial score (nSPS) is 22.9. The number of ether oxygens (including phenoxy) is 2. The van der Waals surface area contributed by atoms with Gasteiger partial charge in [0.1, 0.15) is 6.61 Å². The third-order valence-electron chi connectivity index (χ3n) is 4.54. The molecule has 0 bridgehead atoms. The number of carboxylic acid groups (broad SMARTS) is 1. The van der Waals surface area contributed by atoms with Gasteiger partial charge in [-0.25, -0.2) is 0 Å². The predicted molar refractivity (Wildman–Crippen MR) is 83.4 cm³/mol. The number of carbonyl (C=O) groups excluding carboxylic acids is 1. The third-order valence-corrected chi connectivity index (χ3v) is 4.54. The Labute approximate surface area is 134 Å². The van der Waals surface area contributed by atoms with Crippen LogP contribution >= 0.6 is 0 Å². The van der Waals surface area contributed by atoms with Crippen molar-refractivity contribution in [2.45, 2.75) is 19.4 Å². The van der Waals surface area contributed by atoms with E-state index in [1.54, 1.807) is 31.1 Å². The number of nitrogens with zero attached hydrogens (tertiary/aromatic N) is 1. The molecule has 1 aromatic carbocycles. The number of hydrogen-bond donors (Lipinski definition) is 1. The Hall–Kier alpha value is -2.50. The van der Waals surface area contributed by atoms with Crippen LogP contribution in [0.2, 0.25) is 0 Å². The van der Waals surface area contributed by atoms with Gasteiger partial charge in [0.25, 0.3) is 5.91 Å². The Morgan fingerprint density at radius 3 is 2.83 bits per heavy atom. The summed E-state index contributed by atoms with van der Waals surface area (Å²) in [7, 11) is 1.57. The van der Waals surface area contributed by atoms with Gasteiger partial charge < -0.3 is 19.5 Å². The van der Waals surface area contributed by atoms with E-state index in [2.05, 4.69) is 0 Å². The van der Waals surface area contributed by atoms with E-state index in [1.165, 1.54) is 0 Å².